The van der Waals surface area contributed by atoms with Crippen LogP contribution in [0.25, 0.3) is 0 Å². The van der Waals surface area contributed by atoms with Gasteiger partial charge in [0.15, 0.2) is 0 Å². The summed E-state index contributed by atoms with van der Waals surface area (Å²) in [5, 5.41) is 12.6. The molecule has 0 radical (unpaired) electrons. The van der Waals surface area contributed by atoms with Gasteiger partial charge in [0.25, 0.3) is 0 Å². The van der Waals surface area contributed by atoms with E-state index in [-0.39, 0.29) is 10.8 Å². The molecule has 3 heteroatoms. The van der Waals surface area contributed by atoms with Crippen LogP contribution in [0.15, 0.2) is 17.0 Å². The van der Waals surface area contributed by atoms with Gasteiger partial charge in [0.05, 0.1) is 12.8 Å². The lowest BCUT2D eigenvalue weighted by atomic mass is 9.60. The minimum atomic E-state index is -0.0194. The van der Waals surface area contributed by atoms with Gasteiger partial charge in [0.2, 0.25) is 0 Å². The lowest BCUT2D eigenvalue weighted by Gasteiger charge is -2.44. The Labute approximate surface area is 90.8 Å². The van der Waals surface area contributed by atoms with Crippen LogP contribution in [0.5, 0.6) is 0 Å². The summed E-state index contributed by atoms with van der Waals surface area (Å²) in [6.07, 6.45) is 4.08. The number of allylic oxidation sites excluding steroid dienone is 2. The SMILES string of the molecule is COC1=C/C(=N\O)[C@@]2(C)CC[C@@H]1C2(C)C. The van der Waals surface area contributed by atoms with Gasteiger partial charge < -0.3 is 9.94 Å². The second-order valence-corrected chi connectivity index (χ2v) is 5.38. The van der Waals surface area contributed by atoms with Crippen LogP contribution in [0.4, 0.5) is 0 Å². The molecule has 0 aromatic carbocycles. The third-order valence-corrected chi connectivity index (χ3v) is 4.76. The molecule has 2 aliphatic rings. The molecule has 3 nitrogen and oxygen atoms in total. The van der Waals surface area contributed by atoms with Crippen LogP contribution in [-0.2, 0) is 4.74 Å². The minimum Gasteiger partial charge on any atom is -0.501 e. The first-order valence-corrected chi connectivity index (χ1v) is 5.45. The van der Waals surface area contributed by atoms with Gasteiger partial charge in [-0.25, -0.2) is 0 Å². The summed E-state index contributed by atoms with van der Waals surface area (Å²) >= 11 is 0. The van der Waals surface area contributed by atoms with Crippen LogP contribution in [0.3, 0.4) is 0 Å². The summed E-state index contributed by atoms with van der Waals surface area (Å²) < 4.78 is 5.40. The first-order chi connectivity index (χ1) is 6.97. The van der Waals surface area contributed by atoms with Gasteiger partial charge in [-0.1, -0.05) is 25.9 Å². The van der Waals surface area contributed by atoms with E-state index < -0.39 is 0 Å². The molecule has 0 unspecified atom stereocenters. The Bertz CT molecular complexity index is 344. The van der Waals surface area contributed by atoms with E-state index in [1.807, 2.05) is 6.08 Å². The molecule has 0 saturated heterocycles. The van der Waals surface area contributed by atoms with Crippen molar-refractivity contribution in [1.29, 1.82) is 0 Å². The van der Waals surface area contributed by atoms with E-state index in [9.17, 15) is 0 Å². The Hall–Kier alpha value is -0.990. The van der Waals surface area contributed by atoms with Gasteiger partial charge in [-0.3, -0.25) is 0 Å². The molecule has 0 aromatic heterocycles. The molecule has 1 N–H and O–H groups in total. The molecule has 0 aromatic rings. The van der Waals surface area contributed by atoms with Crippen molar-refractivity contribution in [1.82, 2.24) is 0 Å². The van der Waals surface area contributed by atoms with Gasteiger partial charge in [-0.05, 0) is 18.3 Å². The van der Waals surface area contributed by atoms with Crippen molar-refractivity contribution in [3.05, 3.63) is 11.8 Å². The molecule has 0 amide bonds. The number of hydrogen-bond donors (Lipinski definition) is 1. The Balaban J connectivity index is 2.57. The second kappa shape index (κ2) is 3.00. The maximum Gasteiger partial charge on any atom is 0.101 e. The molecule has 2 atom stereocenters. The van der Waals surface area contributed by atoms with Crippen molar-refractivity contribution >= 4 is 5.71 Å². The number of rotatable bonds is 1. The highest BCUT2D eigenvalue weighted by Gasteiger charge is 2.58. The zero-order valence-electron chi connectivity index (χ0n) is 9.87. The fourth-order valence-corrected chi connectivity index (χ4v) is 3.19. The standard InChI is InChI=1S/C12H19NO2/c1-11(2)8-5-6-12(11,3)10(13-14)7-9(8)15-4/h7-8,14H,5-6H2,1-4H3/b13-10+/t8-,12+/m0/s1. The lowest BCUT2D eigenvalue weighted by Crippen LogP contribution is -2.44. The molecule has 2 bridgehead atoms. The number of ether oxygens (including phenoxy) is 1. The lowest BCUT2D eigenvalue weighted by molar-refractivity contribution is 0.111. The Morgan fingerprint density at radius 3 is 2.67 bits per heavy atom. The maximum atomic E-state index is 9.11. The highest BCUT2D eigenvalue weighted by Crippen LogP contribution is 2.61. The predicted octanol–water partition coefficient (Wildman–Crippen LogP) is 2.80. The van der Waals surface area contributed by atoms with Crippen molar-refractivity contribution < 1.29 is 9.94 Å². The molecular formula is C12H19NO2. The largest absolute Gasteiger partial charge is 0.501 e. The third kappa shape index (κ3) is 1.09. The van der Waals surface area contributed by atoms with Crippen molar-refractivity contribution in [2.75, 3.05) is 7.11 Å². The summed E-state index contributed by atoms with van der Waals surface area (Å²) in [6.45, 7) is 6.66. The Kier molecular flexibility index (Phi) is 2.11. The summed E-state index contributed by atoms with van der Waals surface area (Å²) in [6, 6.07) is 0. The van der Waals surface area contributed by atoms with Crippen LogP contribution in [0.2, 0.25) is 0 Å². The average Bonchev–Trinajstić information content (AvgIpc) is 2.37. The predicted molar refractivity (Wildman–Crippen MR) is 58.9 cm³/mol. The van der Waals surface area contributed by atoms with Crippen molar-refractivity contribution in [3.63, 3.8) is 0 Å². The zero-order chi connectivity index (χ0) is 11.3. The molecule has 1 saturated carbocycles. The molecule has 0 heterocycles. The zero-order valence-corrected chi connectivity index (χ0v) is 9.87. The van der Waals surface area contributed by atoms with Crippen molar-refractivity contribution in [3.8, 4) is 0 Å². The highest BCUT2D eigenvalue weighted by molar-refractivity contribution is 6.01. The fraction of sp³-hybridized carbons (Fsp3) is 0.750. The number of nitrogens with zero attached hydrogens (tertiary/aromatic N) is 1. The minimum absolute atomic E-state index is 0.0194. The summed E-state index contributed by atoms with van der Waals surface area (Å²) in [5.41, 5.74) is 0.849. The van der Waals surface area contributed by atoms with Crippen LogP contribution in [0.1, 0.15) is 33.6 Å². The van der Waals surface area contributed by atoms with Crippen LogP contribution < -0.4 is 0 Å². The number of methoxy groups -OCH3 is 1. The van der Waals surface area contributed by atoms with E-state index in [1.54, 1.807) is 7.11 Å². The fourth-order valence-electron chi connectivity index (χ4n) is 3.19. The highest BCUT2D eigenvalue weighted by atomic mass is 16.5. The van der Waals surface area contributed by atoms with E-state index in [2.05, 4.69) is 25.9 Å². The molecule has 2 rings (SSSR count). The van der Waals surface area contributed by atoms with E-state index in [1.165, 1.54) is 0 Å². The van der Waals surface area contributed by atoms with Crippen molar-refractivity contribution in [2.45, 2.75) is 33.6 Å². The summed E-state index contributed by atoms with van der Waals surface area (Å²) in [5.74, 6) is 1.42. The van der Waals surface area contributed by atoms with Gasteiger partial charge >= 0.3 is 0 Å². The monoisotopic (exact) mass is 209 g/mol. The second-order valence-electron chi connectivity index (χ2n) is 5.38. The number of oxime groups is 1. The molecular weight excluding hydrogens is 190 g/mol. The molecule has 84 valence electrons. The molecule has 1 fully saturated rings. The van der Waals surface area contributed by atoms with Gasteiger partial charge in [0.1, 0.15) is 5.76 Å². The Morgan fingerprint density at radius 2 is 2.13 bits per heavy atom. The molecule has 0 aliphatic heterocycles. The van der Waals surface area contributed by atoms with Crippen LogP contribution in [0, 0.1) is 16.7 Å². The maximum absolute atomic E-state index is 9.11. The van der Waals surface area contributed by atoms with E-state index in [0.717, 1.165) is 24.3 Å². The van der Waals surface area contributed by atoms with Crippen LogP contribution in [-0.4, -0.2) is 18.0 Å². The summed E-state index contributed by atoms with van der Waals surface area (Å²) in [7, 11) is 1.69. The van der Waals surface area contributed by atoms with Gasteiger partial charge in [-0.15, -0.1) is 0 Å². The normalized spacial score (nSPS) is 40.4. The van der Waals surface area contributed by atoms with E-state index in [0.29, 0.717) is 5.92 Å². The van der Waals surface area contributed by atoms with Gasteiger partial charge in [0, 0.05) is 17.4 Å². The topological polar surface area (TPSA) is 41.8 Å². The Morgan fingerprint density at radius 1 is 1.47 bits per heavy atom. The average molecular weight is 209 g/mol. The van der Waals surface area contributed by atoms with Crippen LogP contribution >= 0.6 is 0 Å². The first kappa shape index (κ1) is 10.5. The number of hydrogen-bond acceptors (Lipinski definition) is 3. The van der Waals surface area contributed by atoms with Crippen molar-refractivity contribution in [2.24, 2.45) is 21.9 Å². The van der Waals surface area contributed by atoms with E-state index >= 15 is 0 Å². The van der Waals surface area contributed by atoms with Gasteiger partial charge in [-0.2, -0.15) is 0 Å². The quantitative estimate of drug-likeness (QED) is 0.533. The smallest absolute Gasteiger partial charge is 0.101 e. The summed E-state index contributed by atoms with van der Waals surface area (Å²) in [4.78, 5) is 0. The molecule has 15 heavy (non-hydrogen) atoms. The van der Waals surface area contributed by atoms with E-state index in [4.69, 9.17) is 9.94 Å². The first-order valence-electron chi connectivity index (χ1n) is 5.45. The third-order valence-electron chi connectivity index (χ3n) is 4.76. The number of fused-ring (bicyclic) bond motifs is 2. The molecule has 2 aliphatic carbocycles. The molecule has 0 spiro atoms.